The summed E-state index contributed by atoms with van der Waals surface area (Å²) in [5, 5.41) is 4.57. The predicted octanol–water partition coefficient (Wildman–Crippen LogP) is 3.49. The van der Waals surface area contributed by atoms with E-state index in [1.807, 2.05) is 18.2 Å². The minimum atomic E-state index is -4.51. The quantitative estimate of drug-likeness (QED) is 0.466. The van der Waals surface area contributed by atoms with Crippen LogP contribution in [0.3, 0.4) is 0 Å². The predicted molar refractivity (Wildman–Crippen MR) is 119 cm³/mol. The van der Waals surface area contributed by atoms with Crippen LogP contribution in [0.15, 0.2) is 65.7 Å². The Kier molecular flexibility index (Phi) is 7.10. The van der Waals surface area contributed by atoms with E-state index in [0.717, 1.165) is 10.6 Å². The largest absolute Gasteiger partial charge is 0.348 e. The number of amides is 4. The van der Waals surface area contributed by atoms with E-state index >= 15 is 0 Å². The monoisotopic (exact) mass is 460 g/mol. The van der Waals surface area contributed by atoms with Gasteiger partial charge in [0.2, 0.25) is 0 Å². The van der Waals surface area contributed by atoms with Crippen LogP contribution in [0.1, 0.15) is 25.8 Å². The second kappa shape index (κ2) is 9.62. The summed E-state index contributed by atoms with van der Waals surface area (Å²) >= 11 is 0. The van der Waals surface area contributed by atoms with Gasteiger partial charge in [-0.25, -0.2) is 9.59 Å². The number of aliphatic imine (C=N–C) groups is 1. The lowest BCUT2D eigenvalue weighted by molar-refractivity contribution is -0.0677. The van der Waals surface area contributed by atoms with Crippen LogP contribution in [0.2, 0.25) is 0 Å². The Labute approximate surface area is 185 Å². The van der Waals surface area contributed by atoms with Crippen LogP contribution in [0.4, 0.5) is 15.3 Å². The van der Waals surface area contributed by atoms with E-state index in [2.05, 4.69) is 15.6 Å². The van der Waals surface area contributed by atoms with E-state index in [1.165, 1.54) is 13.8 Å². The molecule has 1 heterocycles. The van der Waals surface area contributed by atoms with Crippen molar-refractivity contribution in [1.29, 1.82) is 0 Å². The molecule has 11 heteroatoms. The highest BCUT2D eigenvalue weighted by Gasteiger charge is 2.46. The van der Waals surface area contributed by atoms with Crippen LogP contribution >= 0.6 is 7.60 Å². The summed E-state index contributed by atoms with van der Waals surface area (Å²) < 4.78 is 11.9. The van der Waals surface area contributed by atoms with Crippen molar-refractivity contribution in [2.45, 2.75) is 38.1 Å². The van der Waals surface area contributed by atoms with Crippen LogP contribution in [0.25, 0.3) is 0 Å². The first-order chi connectivity index (χ1) is 15.1. The average molecular weight is 460 g/mol. The van der Waals surface area contributed by atoms with Gasteiger partial charge in [0.25, 0.3) is 0 Å². The topological polar surface area (TPSA) is 141 Å². The van der Waals surface area contributed by atoms with Gasteiger partial charge in [-0.05, 0) is 38.0 Å². The molecule has 1 aliphatic rings. The Hall–Kier alpha value is -3.04. The normalized spacial score (nSPS) is 18.0. The summed E-state index contributed by atoms with van der Waals surface area (Å²) in [6.45, 7) is 2.80. The molecule has 1 fully saturated rings. The highest BCUT2D eigenvalue weighted by Crippen LogP contribution is 2.52. The molecule has 4 amide bonds. The molecular formula is C21H25N4O6P. The van der Waals surface area contributed by atoms with E-state index < -0.39 is 30.9 Å². The molecule has 1 aliphatic heterocycles. The van der Waals surface area contributed by atoms with Gasteiger partial charge in [0.05, 0.1) is 11.2 Å². The second-order valence-corrected chi connectivity index (χ2v) is 10.2. The van der Waals surface area contributed by atoms with Crippen molar-refractivity contribution in [3.8, 4) is 0 Å². The van der Waals surface area contributed by atoms with Gasteiger partial charge < -0.3 is 20.4 Å². The average Bonchev–Trinajstić information content (AvgIpc) is 3.00. The Bertz CT molecular complexity index is 1040. The number of nitrogens with zero attached hydrogens (tertiary/aromatic N) is 2. The number of hydrogen-bond acceptors (Lipinski definition) is 4. The molecule has 10 nitrogen and oxygen atoms in total. The van der Waals surface area contributed by atoms with Crippen molar-refractivity contribution in [2.24, 2.45) is 4.99 Å². The zero-order valence-electron chi connectivity index (χ0n) is 17.6. The number of anilines is 1. The van der Waals surface area contributed by atoms with Gasteiger partial charge in [-0.2, -0.15) is 10.1 Å². The van der Waals surface area contributed by atoms with Crippen LogP contribution in [-0.4, -0.2) is 43.9 Å². The Morgan fingerprint density at radius 2 is 1.75 bits per heavy atom. The third-order valence-corrected chi connectivity index (χ3v) is 6.70. The number of carbonyl (C=O) groups is 2. The molecule has 2 aromatic rings. The number of para-hydroxylation sites is 1. The Morgan fingerprint density at radius 3 is 2.34 bits per heavy atom. The van der Waals surface area contributed by atoms with Crippen LogP contribution in [0, 0.1) is 0 Å². The van der Waals surface area contributed by atoms with Crippen molar-refractivity contribution in [3.05, 3.63) is 66.2 Å². The Balaban J connectivity index is 1.86. The summed E-state index contributed by atoms with van der Waals surface area (Å²) in [5.74, 6) is -0.0825. The first-order valence-electron chi connectivity index (χ1n) is 9.84. The maximum absolute atomic E-state index is 12.6. The van der Waals surface area contributed by atoms with Gasteiger partial charge in [-0.3, -0.25) is 9.40 Å². The van der Waals surface area contributed by atoms with Crippen molar-refractivity contribution in [1.82, 2.24) is 10.4 Å². The first-order valence-corrected chi connectivity index (χ1v) is 11.5. The summed E-state index contributed by atoms with van der Waals surface area (Å²) in [6.07, 6.45) is -0.161. The van der Waals surface area contributed by atoms with E-state index in [9.17, 15) is 23.9 Å². The fraction of sp³-hybridized carbons (Fsp3) is 0.286. The number of nitrogens with one attached hydrogen (secondary N) is 2. The number of rotatable bonds is 7. The number of amidine groups is 1. The van der Waals surface area contributed by atoms with Gasteiger partial charge in [-0.15, -0.1) is 0 Å². The smallest absolute Gasteiger partial charge is 0.326 e. The molecule has 0 aliphatic carbocycles. The number of hydrogen-bond donors (Lipinski definition) is 4. The molecule has 4 N–H and O–H groups in total. The molecule has 0 saturated carbocycles. The molecule has 1 atom stereocenters. The number of carbonyl (C=O) groups excluding carboxylic acids is 2. The molecule has 0 bridgehead atoms. The Morgan fingerprint density at radius 1 is 1.16 bits per heavy atom. The van der Waals surface area contributed by atoms with E-state index in [1.54, 1.807) is 42.5 Å². The van der Waals surface area contributed by atoms with Crippen LogP contribution in [-0.2, 0) is 16.0 Å². The summed E-state index contributed by atoms with van der Waals surface area (Å²) in [6, 6.07) is 15.3. The molecule has 0 radical (unpaired) electrons. The third kappa shape index (κ3) is 5.80. The van der Waals surface area contributed by atoms with E-state index in [4.69, 9.17) is 4.84 Å². The molecule has 170 valence electrons. The minimum absolute atomic E-state index is 0.0300. The molecule has 32 heavy (non-hydrogen) atoms. The van der Waals surface area contributed by atoms with Crippen molar-refractivity contribution in [3.63, 3.8) is 0 Å². The standard InChI is InChI=1S/C21H25N4O6P/c1-21(2,32(28,29)30)13-17-18(24-19(26)22-16-11-7-4-8-12-16)25(20(27)23-17)31-14-15-9-5-3-6-10-15/h3-12,17H,13-14H2,1-2H3,(H,22,26)(H,23,27)(H2,28,29,30)/b24-18-. The fourth-order valence-electron chi connectivity index (χ4n) is 3.02. The minimum Gasteiger partial charge on any atom is -0.326 e. The summed E-state index contributed by atoms with van der Waals surface area (Å²) in [7, 11) is -4.51. The zero-order chi connectivity index (χ0) is 23.4. The molecule has 3 rings (SSSR count). The second-order valence-electron chi connectivity index (χ2n) is 7.88. The van der Waals surface area contributed by atoms with E-state index in [0.29, 0.717) is 5.69 Å². The van der Waals surface area contributed by atoms with Gasteiger partial charge in [-0.1, -0.05) is 48.5 Å². The lowest BCUT2D eigenvalue weighted by Crippen LogP contribution is -2.38. The zero-order valence-corrected chi connectivity index (χ0v) is 18.5. The van der Waals surface area contributed by atoms with Gasteiger partial charge >= 0.3 is 19.7 Å². The molecular weight excluding hydrogens is 435 g/mol. The summed E-state index contributed by atoms with van der Waals surface area (Å²) in [5.41, 5.74) is 1.29. The molecule has 0 aromatic heterocycles. The fourth-order valence-corrected chi connectivity index (χ4v) is 3.44. The third-order valence-electron chi connectivity index (χ3n) is 4.94. The molecule has 1 saturated heterocycles. The molecule has 2 aromatic carbocycles. The van der Waals surface area contributed by atoms with Crippen molar-refractivity contribution < 1.29 is 28.8 Å². The maximum atomic E-state index is 12.6. The highest BCUT2D eigenvalue weighted by molar-refractivity contribution is 7.53. The highest BCUT2D eigenvalue weighted by atomic mass is 31.2. The van der Waals surface area contributed by atoms with Crippen molar-refractivity contribution >= 4 is 31.2 Å². The van der Waals surface area contributed by atoms with Crippen LogP contribution in [0.5, 0.6) is 0 Å². The number of benzene rings is 2. The van der Waals surface area contributed by atoms with Crippen LogP contribution < -0.4 is 10.6 Å². The van der Waals surface area contributed by atoms with E-state index in [-0.39, 0.29) is 18.9 Å². The van der Waals surface area contributed by atoms with Gasteiger partial charge in [0.15, 0.2) is 5.84 Å². The molecule has 1 unspecified atom stereocenters. The lowest BCUT2D eigenvalue weighted by atomic mass is 10.0. The summed E-state index contributed by atoms with van der Waals surface area (Å²) in [4.78, 5) is 54.1. The number of urea groups is 2. The SMILES string of the molecule is CC(C)(CC1NC(=O)N(OCc2ccccc2)/C1=N\C(=O)Nc1ccccc1)P(=O)(O)O. The van der Waals surface area contributed by atoms with Crippen molar-refractivity contribution in [2.75, 3.05) is 5.32 Å². The number of hydroxylamine groups is 2. The van der Waals surface area contributed by atoms with Gasteiger partial charge in [0.1, 0.15) is 6.61 Å². The lowest BCUT2D eigenvalue weighted by Gasteiger charge is -2.28. The maximum Gasteiger partial charge on any atom is 0.348 e. The first kappa shape index (κ1) is 23.6. The van der Waals surface area contributed by atoms with Gasteiger partial charge in [0, 0.05) is 5.69 Å². The molecule has 0 spiro atoms.